The average Bonchev–Trinajstić information content (AvgIpc) is 0.643. The lowest BCUT2D eigenvalue weighted by Gasteiger charge is -2.54. The fourth-order valence-corrected chi connectivity index (χ4v) is 16.1. The van der Waals surface area contributed by atoms with Crippen LogP contribution in [0.4, 0.5) is 4.79 Å². The first kappa shape index (κ1) is 95.9. The maximum absolute atomic E-state index is 15.5. The van der Waals surface area contributed by atoms with Crippen molar-refractivity contribution in [1.82, 2.24) is 10.6 Å². The Morgan fingerprint density at radius 3 is 1.61 bits per heavy atom. The van der Waals surface area contributed by atoms with Gasteiger partial charge >= 0.3 is 65.8 Å². The highest BCUT2D eigenvalue weighted by Crippen LogP contribution is 2.48. The number of alkyl carbamates (subject to hydrolysis) is 1. The Kier molecular flexibility index (Phi) is 35.4. The number of methoxy groups -OCH3 is 1. The van der Waals surface area contributed by atoms with Gasteiger partial charge in [-0.25, -0.2) is 14.4 Å². The molecule has 0 aliphatic carbocycles. The van der Waals surface area contributed by atoms with Crippen LogP contribution in [0.25, 0.3) is 0 Å². The van der Waals surface area contributed by atoms with E-state index >= 15 is 4.79 Å². The van der Waals surface area contributed by atoms with Gasteiger partial charge < -0.3 is 110 Å². The molecule has 4 saturated heterocycles. The van der Waals surface area contributed by atoms with Crippen LogP contribution in [0.2, 0.25) is 18.1 Å². The van der Waals surface area contributed by atoms with Gasteiger partial charge in [0.2, 0.25) is 9.70 Å². The predicted molar refractivity (Wildman–Crippen MR) is 407 cm³/mol. The molecular weight excluding hydrogens is 1630 g/mol. The fraction of sp³-hybridized carbons (Fsp3) is 0.615. The van der Waals surface area contributed by atoms with Gasteiger partial charge in [0.1, 0.15) is 74.7 Å². The van der Waals surface area contributed by atoms with Crippen molar-refractivity contribution < 1.29 is 157 Å². The second-order valence-electron chi connectivity index (χ2n) is 29.4. The smallest absolute Gasteiger partial charge is 0.407 e. The molecule has 3 aromatic rings. The molecule has 648 valence electrons. The predicted octanol–water partition coefficient (Wildman–Crippen LogP) is 7.37. The van der Waals surface area contributed by atoms with E-state index in [2.05, 4.69) is 10.6 Å². The number of benzene rings is 3. The van der Waals surface area contributed by atoms with Gasteiger partial charge in [-0.05, 0) is 54.2 Å². The van der Waals surface area contributed by atoms with Crippen molar-refractivity contribution >= 4 is 115 Å². The molecule has 3 aromatic carbocycles. The molecular formula is C78H103Cl3N2O33Si. The van der Waals surface area contributed by atoms with Crippen LogP contribution in [0, 0.1) is 5.92 Å². The Morgan fingerprint density at radius 2 is 1.07 bits per heavy atom. The SMILES string of the molecule is COC(=O)[C@@]1(O[C@H]2[C@@H](OC(C)=O)[C@@H](COCc3ccccc3)O[C@@H](O[C@H]3[C@H](O[C@@H]4O[C@@H](C)[C@@H](OC(C)=O)[C@@H](OC(C)=O)[C@@H]4OCc4ccccc4)[C@@H](NC(=O)OCC(Cl)(Cl)Cl)[C@H](O[Si](C)(C)C(C)(C)C(C)C)O[C@@H]3COC(=O)c3ccccc3)[C@@H]2OC(C)=O)C[C@H](OC(C)=O)[C@@H](NC(C)=O)[C@H]([C@H](OC(C)=O)[C@@H](COC(C)=O)OC(C)=O)O1. The van der Waals surface area contributed by atoms with E-state index in [4.69, 9.17) is 134 Å². The molecule has 0 bridgehead atoms. The van der Waals surface area contributed by atoms with Gasteiger partial charge in [-0.2, -0.15) is 0 Å². The van der Waals surface area contributed by atoms with Crippen molar-refractivity contribution in [3.8, 4) is 0 Å². The summed E-state index contributed by atoms with van der Waals surface area (Å²) in [6.45, 7) is 18.0. The summed E-state index contributed by atoms with van der Waals surface area (Å²) in [5.74, 6) is -15.1. The number of nitrogens with one attached hydrogen (secondary N) is 2. The van der Waals surface area contributed by atoms with E-state index in [0.29, 0.717) is 11.1 Å². The highest BCUT2D eigenvalue weighted by atomic mass is 35.6. The molecule has 0 spiro atoms. The lowest BCUT2D eigenvalue weighted by molar-refractivity contribution is -0.391. The minimum absolute atomic E-state index is 0.0218. The summed E-state index contributed by atoms with van der Waals surface area (Å²) in [6.07, 6.45) is -37.2. The van der Waals surface area contributed by atoms with Crippen LogP contribution >= 0.6 is 34.8 Å². The summed E-state index contributed by atoms with van der Waals surface area (Å²) in [5.41, 5.74) is 1.14. The van der Waals surface area contributed by atoms with Crippen LogP contribution in [0.1, 0.15) is 125 Å². The monoisotopic (exact) mass is 1730 g/mol. The highest BCUT2D eigenvalue weighted by Gasteiger charge is 2.65. The van der Waals surface area contributed by atoms with Gasteiger partial charge in [-0.3, -0.25) is 43.2 Å². The normalized spacial score (nSPS) is 27.8. The zero-order valence-electron chi connectivity index (χ0n) is 67.8. The number of hydrogen-bond acceptors (Lipinski definition) is 33. The number of amides is 2. The number of alkyl halides is 3. The topological polar surface area (TPSA) is 423 Å². The van der Waals surface area contributed by atoms with Crippen molar-refractivity contribution in [3.05, 3.63) is 108 Å². The molecule has 4 heterocycles. The van der Waals surface area contributed by atoms with E-state index in [-0.39, 0.29) is 24.7 Å². The van der Waals surface area contributed by atoms with E-state index in [1.807, 2.05) is 40.8 Å². The van der Waals surface area contributed by atoms with E-state index < -0.39 is 250 Å². The molecule has 7 rings (SSSR count). The molecule has 2 amide bonds. The maximum Gasteiger partial charge on any atom is 0.407 e. The van der Waals surface area contributed by atoms with Crippen LogP contribution in [0.15, 0.2) is 91.0 Å². The summed E-state index contributed by atoms with van der Waals surface area (Å²) in [7, 11) is -2.55. The Bertz CT molecular complexity index is 3880. The largest absolute Gasteiger partial charge is 0.465 e. The fourth-order valence-electron chi connectivity index (χ4n) is 13.4. The molecule has 4 fully saturated rings. The van der Waals surface area contributed by atoms with E-state index in [0.717, 1.165) is 69.4 Å². The van der Waals surface area contributed by atoms with E-state index in [9.17, 15) is 52.7 Å². The molecule has 4 aliphatic rings. The van der Waals surface area contributed by atoms with Gasteiger partial charge in [-0.15, -0.1) is 0 Å². The minimum atomic E-state index is -3.41. The zero-order chi connectivity index (χ0) is 86.6. The standard InChI is InChI=1S/C78H103Cl3N2O33Si/c1-40(2)76(13,14)117(16,17)116-71-59(83-75(95)101-39-78(79,80)81)64(113-72-68(99-35-52-29-23-19-24-30-52)66(108-49(11)91)60(41(3)102-72)105-46(8)88)61(57(110-71)38-100-70(93)53-31-25-20-26-32-53)112-73-69(109-50(12)92)67(63(107-48(10)90)55(111-73)36-97-34-51-27-21-18-22-28-51)115-77(74(94)96-15)33-54(103-44(6)86)58(82-42(4)84)65(114-77)62(106-47(9)89)56(104-45(7)87)37-98-43(5)85/h18-32,40-41,54-69,71-73H,33-39H2,1-17H3,(H,82,84)(H,83,95)/t41-,54-,55+,56+,57+,58+,59+,60+,61+,62+,63-,64+,65+,66+,67-,68-,69+,71-,72-,73-,77-/m0/s1. The minimum Gasteiger partial charge on any atom is -0.465 e. The second kappa shape index (κ2) is 43.1. The van der Waals surface area contributed by atoms with Crippen LogP contribution < -0.4 is 10.6 Å². The molecule has 35 nitrogen and oxygen atoms in total. The Balaban J connectivity index is 1.60. The Hall–Kier alpha value is -8.21. The number of rotatable bonds is 35. The van der Waals surface area contributed by atoms with Gasteiger partial charge in [0.05, 0.1) is 51.1 Å². The van der Waals surface area contributed by atoms with Crippen LogP contribution in [-0.4, -0.2) is 246 Å². The molecule has 0 radical (unpaired) electrons. The van der Waals surface area contributed by atoms with Gasteiger partial charge in [-0.1, -0.05) is 141 Å². The summed E-state index contributed by atoms with van der Waals surface area (Å²) < 4.78 is 132. The number of halogens is 3. The number of hydrogen-bond donors (Lipinski definition) is 2. The lowest BCUT2D eigenvalue weighted by Crippen LogP contribution is -2.73. The third-order valence-corrected chi connectivity index (χ3v) is 24.5. The highest BCUT2D eigenvalue weighted by molar-refractivity contribution is 6.74. The summed E-state index contributed by atoms with van der Waals surface area (Å²) in [4.78, 5) is 166. The Morgan fingerprint density at radius 1 is 0.547 bits per heavy atom. The lowest BCUT2D eigenvalue weighted by atomic mass is 9.87. The van der Waals surface area contributed by atoms with E-state index in [1.165, 1.54) is 19.1 Å². The molecule has 39 heteroatoms. The Labute approximate surface area is 692 Å². The summed E-state index contributed by atoms with van der Waals surface area (Å²) in [6, 6.07) is 21.2. The molecule has 117 heavy (non-hydrogen) atoms. The van der Waals surface area contributed by atoms with Gasteiger partial charge in [0.15, 0.2) is 63.8 Å². The second-order valence-corrected chi connectivity index (χ2v) is 36.5. The average molecular weight is 1730 g/mol. The third-order valence-electron chi connectivity index (χ3n) is 19.7. The van der Waals surface area contributed by atoms with Crippen molar-refractivity contribution in [2.24, 2.45) is 5.92 Å². The van der Waals surface area contributed by atoms with Crippen LogP contribution in [0.5, 0.6) is 0 Å². The molecule has 4 aliphatic heterocycles. The first-order chi connectivity index (χ1) is 54.9. The maximum atomic E-state index is 15.5. The molecule has 21 atom stereocenters. The first-order valence-corrected chi connectivity index (χ1v) is 41.5. The van der Waals surface area contributed by atoms with Crippen molar-refractivity contribution in [2.45, 2.75) is 267 Å². The zero-order valence-corrected chi connectivity index (χ0v) is 71.1. The summed E-state index contributed by atoms with van der Waals surface area (Å²) >= 11 is 18.7. The molecule has 0 saturated carbocycles. The van der Waals surface area contributed by atoms with E-state index in [1.54, 1.807) is 78.9 Å². The van der Waals surface area contributed by atoms with Crippen LogP contribution in [-0.2, 0) is 160 Å². The third kappa shape index (κ3) is 27.4. The van der Waals surface area contributed by atoms with Gasteiger partial charge in [0, 0.05) is 62.3 Å². The van der Waals surface area contributed by atoms with Crippen molar-refractivity contribution in [3.63, 3.8) is 0 Å². The van der Waals surface area contributed by atoms with Crippen molar-refractivity contribution in [1.29, 1.82) is 0 Å². The molecule has 2 N–H and O–H groups in total. The summed E-state index contributed by atoms with van der Waals surface area (Å²) in [5, 5.41) is 4.63. The van der Waals surface area contributed by atoms with Crippen LogP contribution in [0.3, 0.4) is 0 Å². The van der Waals surface area contributed by atoms with Crippen molar-refractivity contribution in [2.75, 3.05) is 33.5 Å². The molecule has 0 aromatic heterocycles. The van der Waals surface area contributed by atoms with Gasteiger partial charge in [0.25, 0.3) is 5.79 Å². The number of carbonyl (C=O) groups is 12. The number of ether oxygens (including phenoxy) is 20. The first-order valence-electron chi connectivity index (χ1n) is 37.4. The number of esters is 10. The number of carbonyl (C=O) groups excluding carboxylic acids is 12. The quantitative estimate of drug-likeness (QED) is 0.0251. The molecule has 0 unspecified atom stereocenters.